The Morgan fingerprint density at radius 3 is 1.88 bits per heavy atom. The summed E-state index contributed by atoms with van der Waals surface area (Å²) >= 11 is 0. The van der Waals surface area contributed by atoms with E-state index in [1.54, 1.807) is 0 Å². The highest BCUT2D eigenvalue weighted by atomic mass is 16.7. The fourth-order valence-electron chi connectivity index (χ4n) is 2.54. The van der Waals surface area contributed by atoms with E-state index in [4.69, 9.17) is 9.47 Å². The van der Waals surface area contributed by atoms with Crippen molar-refractivity contribution in [2.75, 3.05) is 0 Å². The van der Waals surface area contributed by atoms with Gasteiger partial charge in [-0.05, 0) is 34.6 Å². The van der Waals surface area contributed by atoms with Crippen molar-refractivity contribution in [1.82, 2.24) is 5.32 Å². The second kappa shape index (κ2) is 6.23. The molecule has 0 aliphatic carbocycles. The summed E-state index contributed by atoms with van der Waals surface area (Å²) in [6.45, 7) is 10.5. The predicted octanol–water partition coefficient (Wildman–Crippen LogP) is 5.06. The van der Waals surface area contributed by atoms with E-state index >= 15 is 0 Å². The molecule has 1 unspecified atom stereocenters. The van der Waals surface area contributed by atoms with Crippen molar-refractivity contribution in [2.24, 2.45) is 0 Å². The maximum absolute atomic E-state index is 6.17. The van der Waals surface area contributed by atoms with E-state index < -0.39 is 6.29 Å². The number of hydrogen-bond acceptors (Lipinski definition) is 3. The van der Waals surface area contributed by atoms with Crippen LogP contribution in [0.5, 0.6) is 0 Å². The minimum atomic E-state index is -0.424. The molecule has 1 aliphatic heterocycles. The first kappa shape index (κ1) is 16.4. The summed E-state index contributed by atoms with van der Waals surface area (Å²) in [5.74, 6) is 1.45. The molecule has 126 valence electrons. The van der Waals surface area contributed by atoms with E-state index in [0.717, 1.165) is 16.9 Å². The van der Waals surface area contributed by atoms with E-state index in [1.165, 1.54) is 11.1 Å². The molecule has 0 fully saturated rings. The molecule has 1 heterocycles. The molecule has 0 saturated carbocycles. The molecule has 1 aliphatic rings. The molecular formula is C21H25NO2. The van der Waals surface area contributed by atoms with Crippen molar-refractivity contribution in [3.05, 3.63) is 76.7 Å². The fourth-order valence-corrected chi connectivity index (χ4v) is 2.54. The third-order valence-corrected chi connectivity index (χ3v) is 3.81. The quantitative estimate of drug-likeness (QED) is 0.856. The van der Waals surface area contributed by atoms with Gasteiger partial charge in [0.15, 0.2) is 5.76 Å². The van der Waals surface area contributed by atoms with Crippen LogP contribution in [0.4, 0.5) is 0 Å². The molecular weight excluding hydrogens is 298 g/mol. The van der Waals surface area contributed by atoms with Crippen LogP contribution in [0.15, 0.2) is 54.4 Å². The lowest BCUT2D eigenvalue weighted by molar-refractivity contribution is -0.0341. The van der Waals surface area contributed by atoms with Gasteiger partial charge in [-0.1, -0.05) is 59.7 Å². The average molecular weight is 323 g/mol. The van der Waals surface area contributed by atoms with E-state index in [9.17, 15) is 0 Å². The lowest BCUT2D eigenvalue weighted by Crippen LogP contribution is -2.35. The maximum Gasteiger partial charge on any atom is 0.269 e. The molecule has 0 radical (unpaired) electrons. The molecule has 1 atom stereocenters. The Bertz CT molecular complexity index is 737. The van der Waals surface area contributed by atoms with Crippen LogP contribution in [0.1, 0.15) is 49.3 Å². The van der Waals surface area contributed by atoms with Gasteiger partial charge >= 0.3 is 0 Å². The van der Waals surface area contributed by atoms with Gasteiger partial charge in [-0.2, -0.15) is 0 Å². The first-order valence-electron chi connectivity index (χ1n) is 8.31. The van der Waals surface area contributed by atoms with Crippen molar-refractivity contribution < 1.29 is 9.47 Å². The summed E-state index contributed by atoms with van der Waals surface area (Å²) < 4.78 is 12.3. The smallest absolute Gasteiger partial charge is 0.269 e. The second-order valence-corrected chi connectivity index (χ2v) is 7.38. The van der Waals surface area contributed by atoms with Crippen LogP contribution < -0.4 is 5.32 Å². The van der Waals surface area contributed by atoms with Crippen LogP contribution in [-0.2, 0) is 9.47 Å². The van der Waals surface area contributed by atoms with Crippen molar-refractivity contribution in [3.63, 3.8) is 0 Å². The molecule has 0 bridgehead atoms. The van der Waals surface area contributed by atoms with Crippen molar-refractivity contribution in [1.29, 1.82) is 0 Å². The van der Waals surface area contributed by atoms with Gasteiger partial charge in [0.25, 0.3) is 6.29 Å². The normalized spacial score (nSPS) is 17.5. The highest BCUT2D eigenvalue weighted by Crippen LogP contribution is 2.38. The third-order valence-electron chi connectivity index (χ3n) is 3.81. The lowest BCUT2D eigenvalue weighted by Gasteiger charge is -2.22. The Kier molecular flexibility index (Phi) is 4.27. The maximum atomic E-state index is 6.17. The first-order chi connectivity index (χ1) is 11.3. The average Bonchev–Trinajstić information content (AvgIpc) is 2.90. The Labute approximate surface area is 144 Å². The van der Waals surface area contributed by atoms with Gasteiger partial charge in [-0.25, -0.2) is 0 Å². The molecule has 0 saturated heterocycles. The van der Waals surface area contributed by atoms with Crippen LogP contribution in [0, 0.1) is 13.8 Å². The van der Waals surface area contributed by atoms with E-state index in [0.29, 0.717) is 5.88 Å². The molecule has 2 aromatic carbocycles. The summed E-state index contributed by atoms with van der Waals surface area (Å²) in [5, 5.41) is 3.42. The molecule has 0 spiro atoms. The van der Waals surface area contributed by atoms with Gasteiger partial charge in [0.05, 0.1) is 0 Å². The van der Waals surface area contributed by atoms with E-state index in [1.807, 2.05) is 12.1 Å². The van der Waals surface area contributed by atoms with Gasteiger partial charge in [0, 0.05) is 16.7 Å². The van der Waals surface area contributed by atoms with Gasteiger partial charge in [-0.3, -0.25) is 0 Å². The topological polar surface area (TPSA) is 30.5 Å². The van der Waals surface area contributed by atoms with Crippen LogP contribution in [0.2, 0.25) is 0 Å². The lowest BCUT2D eigenvalue weighted by atomic mass is 10.1. The minimum absolute atomic E-state index is 0.114. The molecule has 24 heavy (non-hydrogen) atoms. The number of aryl methyl sites for hydroxylation is 2. The second-order valence-electron chi connectivity index (χ2n) is 7.38. The molecule has 3 heteroatoms. The summed E-state index contributed by atoms with van der Waals surface area (Å²) in [6, 6.07) is 16.5. The Balaban J connectivity index is 1.92. The highest BCUT2D eigenvalue weighted by molar-refractivity contribution is 5.63. The van der Waals surface area contributed by atoms with E-state index in [-0.39, 0.29) is 5.54 Å². The zero-order valence-electron chi connectivity index (χ0n) is 15.0. The predicted molar refractivity (Wildman–Crippen MR) is 97.1 cm³/mol. The molecule has 0 amide bonds. The number of rotatable bonds is 3. The molecule has 3 nitrogen and oxygen atoms in total. The molecule has 0 aromatic heterocycles. The summed E-state index contributed by atoms with van der Waals surface area (Å²) in [7, 11) is 0. The SMILES string of the molecule is Cc1ccc(C2=C(NC(C)(C)C)OC(c3ccc(C)cc3)O2)cc1. The minimum Gasteiger partial charge on any atom is -0.444 e. The van der Waals surface area contributed by atoms with Crippen LogP contribution >= 0.6 is 0 Å². The fraction of sp³-hybridized carbons (Fsp3) is 0.333. The highest BCUT2D eigenvalue weighted by Gasteiger charge is 2.31. The summed E-state index contributed by atoms with van der Waals surface area (Å²) in [5.41, 5.74) is 4.35. The van der Waals surface area contributed by atoms with Crippen molar-refractivity contribution in [2.45, 2.75) is 46.4 Å². The van der Waals surface area contributed by atoms with Crippen LogP contribution in [0.3, 0.4) is 0 Å². The van der Waals surface area contributed by atoms with Gasteiger partial charge < -0.3 is 14.8 Å². The van der Waals surface area contributed by atoms with E-state index in [2.05, 4.69) is 76.3 Å². The Hall–Kier alpha value is -2.42. The largest absolute Gasteiger partial charge is 0.444 e. The number of benzene rings is 2. The zero-order valence-corrected chi connectivity index (χ0v) is 15.0. The number of hydrogen-bond donors (Lipinski definition) is 1. The number of ether oxygens (including phenoxy) is 2. The van der Waals surface area contributed by atoms with Gasteiger partial charge in [0.2, 0.25) is 5.88 Å². The Morgan fingerprint density at radius 2 is 1.33 bits per heavy atom. The first-order valence-corrected chi connectivity index (χ1v) is 8.31. The van der Waals surface area contributed by atoms with Crippen LogP contribution in [-0.4, -0.2) is 5.54 Å². The van der Waals surface area contributed by atoms with Gasteiger partial charge in [0.1, 0.15) is 0 Å². The molecule has 2 aromatic rings. The van der Waals surface area contributed by atoms with Crippen molar-refractivity contribution >= 4 is 5.76 Å². The standard InChI is InChI=1S/C21H25NO2/c1-14-6-10-16(11-7-14)18-19(22-21(3,4)5)24-20(23-18)17-12-8-15(2)9-13-17/h6-13,20,22H,1-5H3. The molecule has 1 N–H and O–H groups in total. The number of nitrogens with one attached hydrogen (secondary N) is 1. The Morgan fingerprint density at radius 1 is 0.792 bits per heavy atom. The third kappa shape index (κ3) is 3.73. The van der Waals surface area contributed by atoms with Gasteiger partial charge in [-0.15, -0.1) is 0 Å². The summed E-state index contributed by atoms with van der Waals surface area (Å²) in [4.78, 5) is 0. The van der Waals surface area contributed by atoms with Crippen molar-refractivity contribution in [3.8, 4) is 0 Å². The molecule has 3 rings (SSSR count). The zero-order chi connectivity index (χ0) is 17.3. The monoisotopic (exact) mass is 323 g/mol. The summed E-state index contributed by atoms with van der Waals surface area (Å²) in [6.07, 6.45) is -0.424. The van der Waals surface area contributed by atoms with Crippen LogP contribution in [0.25, 0.3) is 5.76 Å².